The summed E-state index contributed by atoms with van der Waals surface area (Å²) < 4.78 is 30.9. The number of hydrogen-bond acceptors (Lipinski definition) is 3. The third kappa shape index (κ3) is 3.16. The third-order valence-electron chi connectivity index (χ3n) is 4.91. The Labute approximate surface area is 170 Å². The van der Waals surface area contributed by atoms with Gasteiger partial charge in [-0.15, -0.1) is 6.58 Å². The van der Waals surface area contributed by atoms with Gasteiger partial charge in [-0.25, -0.2) is 23.1 Å². The second kappa shape index (κ2) is 7.55. The van der Waals surface area contributed by atoms with Crippen LogP contribution in [0.2, 0.25) is 0 Å². The van der Waals surface area contributed by atoms with Gasteiger partial charge in [-0.3, -0.25) is 9.36 Å². The van der Waals surface area contributed by atoms with Crippen LogP contribution in [0.3, 0.4) is 0 Å². The summed E-state index contributed by atoms with van der Waals surface area (Å²) in [5.41, 5.74) is 1.21. The summed E-state index contributed by atoms with van der Waals surface area (Å²) in [4.78, 5) is 30.6. The molecule has 0 fully saturated rings. The molecule has 0 amide bonds. The summed E-state index contributed by atoms with van der Waals surface area (Å²) in [5.74, 6) is -1.92. The number of para-hydroxylation sites is 1. The van der Waals surface area contributed by atoms with Crippen molar-refractivity contribution >= 4 is 11.2 Å². The molecule has 152 valence electrons. The molecule has 0 bridgehead atoms. The first kappa shape index (κ1) is 19.5. The van der Waals surface area contributed by atoms with E-state index in [1.54, 1.807) is 12.1 Å². The van der Waals surface area contributed by atoms with Gasteiger partial charge in [0.1, 0.15) is 0 Å². The second-order valence-corrected chi connectivity index (χ2v) is 6.90. The van der Waals surface area contributed by atoms with E-state index >= 15 is 0 Å². The van der Waals surface area contributed by atoms with E-state index in [0.717, 1.165) is 22.3 Å². The number of nitrogens with zero attached hydrogens (tertiary/aromatic N) is 4. The second-order valence-electron chi connectivity index (χ2n) is 6.90. The van der Waals surface area contributed by atoms with Crippen LogP contribution < -0.4 is 11.2 Å². The lowest BCUT2D eigenvalue weighted by molar-refractivity contribution is 0.506. The summed E-state index contributed by atoms with van der Waals surface area (Å²) >= 11 is 0. The van der Waals surface area contributed by atoms with Gasteiger partial charge in [0.15, 0.2) is 22.8 Å². The molecule has 2 heterocycles. The maximum Gasteiger partial charge on any atom is 0.337 e. The van der Waals surface area contributed by atoms with Crippen molar-refractivity contribution < 1.29 is 8.78 Å². The molecule has 2 aromatic carbocycles. The van der Waals surface area contributed by atoms with Gasteiger partial charge in [0.05, 0.1) is 12.0 Å². The monoisotopic (exact) mass is 408 g/mol. The van der Waals surface area contributed by atoms with Crippen LogP contribution in [0.15, 0.2) is 71.0 Å². The molecule has 0 atom stereocenters. The first-order valence-corrected chi connectivity index (χ1v) is 9.24. The van der Waals surface area contributed by atoms with E-state index < -0.39 is 22.9 Å². The highest BCUT2D eigenvalue weighted by molar-refractivity contribution is 5.73. The van der Waals surface area contributed by atoms with E-state index in [1.807, 2.05) is 19.1 Å². The number of imidazole rings is 1. The molecule has 0 aliphatic rings. The Morgan fingerprint density at radius 2 is 1.87 bits per heavy atom. The number of aromatic nitrogens is 4. The third-order valence-corrected chi connectivity index (χ3v) is 4.91. The fraction of sp³-hybridized carbons (Fsp3) is 0.136. The molecule has 4 rings (SSSR count). The van der Waals surface area contributed by atoms with Crippen molar-refractivity contribution in [2.75, 3.05) is 0 Å². The van der Waals surface area contributed by atoms with E-state index in [0.29, 0.717) is 11.3 Å². The summed E-state index contributed by atoms with van der Waals surface area (Å²) in [7, 11) is 0. The largest absolute Gasteiger partial charge is 0.337 e. The topological polar surface area (TPSA) is 61.8 Å². The molecule has 8 heteroatoms. The van der Waals surface area contributed by atoms with Crippen molar-refractivity contribution in [1.82, 2.24) is 18.7 Å². The molecule has 2 aromatic heterocycles. The van der Waals surface area contributed by atoms with E-state index in [2.05, 4.69) is 11.6 Å². The molecule has 0 saturated carbocycles. The molecule has 0 spiro atoms. The lowest BCUT2D eigenvalue weighted by atomic mass is 10.2. The standard InChI is InChI=1S/C22H18F2N4O2/c1-3-10-27-21(29)19-20(28(22(27)30)18-7-5-4-6-14(18)2)25-13-26(19)12-15-8-9-16(23)17(24)11-15/h3-9,11,13H,1,10,12H2,2H3. The van der Waals surface area contributed by atoms with E-state index in [1.165, 1.54) is 27.6 Å². The van der Waals surface area contributed by atoms with Crippen molar-refractivity contribution in [3.8, 4) is 5.69 Å². The van der Waals surface area contributed by atoms with Crippen LogP contribution in [0.5, 0.6) is 0 Å². The van der Waals surface area contributed by atoms with Crippen LogP contribution in [0.1, 0.15) is 11.1 Å². The molecule has 30 heavy (non-hydrogen) atoms. The average Bonchev–Trinajstić information content (AvgIpc) is 3.13. The minimum atomic E-state index is -0.974. The number of rotatable bonds is 5. The van der Waals surface area contributed by atoms with Gasteiger partial charge in [0.25, 0.3) is 5.56 Å². The summed E-state index contributed by atoms with van der Waals surface area (Å²) in [6, 6.07) is 10.8. The van der Waals surface area contributed by atoms with Gasteiger partial charge in [0, 0.05) is 13.1 Å². The Balaban J connectivity index is 2.01. The zero-order chi connectivity index (χ0) is 21.4. The van der Waals surface area contributed by atoms with Crippen molar-refractivity contribution in [1.29, 1.82) is 0 Å². The average molecular weight is 408 g/mol. The highest BCUT2D eigenvalue weighted by Crippen LogP contribution is 2.18. The molecule has 0 aliphatic carbocycles. The number of allylic oxidation sites excluding steroid dienone is 1. The summed E-state index contributed by atoms with van der Waals surface area (Å²) in [6.07, 6.45) is 2.88. The minimum absolute atomic E-state index is 0.0237. The molecular formula is C22H18F2N4O2. The molecule has 4 aromatic rings. The fourth-order valence-corrected chi connectivity index (χ4v) is 3.46. The van der Waals surface area contributed by atoms with Gasteiger partial charge in [-0.1, -0.05) is 30.3 Å². The number of fused-ring (bicyclic) bond motifs is 1. The van der Waals surface area contributed by atoms with E-state index in [9.17, 15) is 18.4 Å². The van der Waals surface area contributed by atoms with Gasteiger partial charge >= 0.3 is 5.69 Å². The quantitative estimate of drug-likeness (QED) is 0.477. The highest BCUT2D eigenvalue weighted by Gasteiger charge is 2.19. The van der Waals surface area contributed by atoms with Gasteiger partial charge in [0.2, 0.25) is 0 Å². The molecular weight excluding hydrogens is 390 g/mol. The highest BCUT2D eigenvalue weighted by atomic mass is 19.2. The van der Waals surface area contributed by atoms with Crippen LogP contribution in [-0.2, 0) is 13.1 Å². The molecule has 0 aliphatic heterocycles. The maximum absolute atomic E-state index is 13.6. The number of hydrogen-bond donors (Lipinski definition) is 0. The van der Waals surface area contributed by atoms with Crippen molar-refractivity contribution in [3.63, 3.8) is 0 Å². The Morgan fingerprint density at radius 1 is 1.10 bits per heavy atom. The molecule has 0 saturated heterocycles. The molecule has 0 unspecified atom stereocenters. The van der Waals surface area contributed by atoms with Crippen LogP contribution >= 0.6 is 0 Å². The molecule has 0 N–H and O–H groups in total. The zero-order valence-electron chi connectivity index (χ0n) is 16.2. The summed E-state index contributed by atoms with van der Waals surface area (Å²) in [6.45, 7) is 5.59. The number of halogens is 2. The first-order valence-electron chi connectivity index (χ1n) is 9.24. The number of aryl methyl sites for hydroxylation is 1. The van der Waals surface area contributed by atoms with Crippen molar-refractivity contribution in [2.45, 2.75) is 20.0 Å². The Hall–Kier alpha value is -3.81. The van der Waals surface area contributed by atoms with Gasteiger partial charge in [-0.2, -0.15) is 0 Å². The van der Waals surface area contributed by atoms with Gasteiger partial charge in [-0.05, 0) is 36.2 Å². The predicted octanol–water partition coefficient (Wildman–Crippen LogP) is 3.17. The van der Waals surface area contributed by atoms with E-state index in [4.69, 9.17) is 0 Å². The summed E-state index contributed by atoms with van der Waals surface area (Å²) in [5, 5.41) is 0. The zero-order valence-corrected chi connectivity index (χ0v) is 16.2. The van der Waals surface area contributed by atoms with Crippen LogP contribution in [0, 0.1) is 18.6 Å². The smallest absolute Gasteiger partial charge is 0.320 e. The molecule has 0 radical (unpaired) electrons. The Bertz CT molecular complexity index is 1400. The fourth-order valence-electron chi connectivity index (χ4n) is 3.46. The first-order chi connectivity index (χ1) is 14.4. The van der Waals surface area contributed by atoms with Crippen LogP contribution in [0.4, 0.5) is 8.78 Å². The van der Waals surface area contributed by atoms with Crippen molar-refractivity contribution in [2.24, 2.45) is 0 Å². The van der Waals surface area contributed by atoms with Crippen LogP contribution in [0.25, 0.3) is 16.9 Å². The maximum atomic E-state index is 13.6. The van der Waals surface area contributed by atoms with Gasteiger partial charge < -0.3 is 4.57 Å². The Kier molecular flexibility index (Phi) is 4.91. The number of benzene rings is 2. The lowest BCUT2D eigenvalue weighted by Crippen LogP contribution is -2.40. The van der Waals surface area contributed by atoms with E-state index in [-0.39, 0.29) is 24.3 Å². The SMILES string of the molecule is C=CCn1c(=O)c2c(ncn2Cc2ccc(F)c(F)c2)n(-c2ccccc2C)c1=O. The van der Waals surface area contributed by atoms with Crippen molar-refractivity contribution in [3.05, 3.63) is 105 Å². The Morgan fingerprint density at radius 3 is 2.57 bits per heavy atom. The lowest BCUT2D eigenvalue weighted by Gasteiger charge is -2.13. The molecule has 6 nitrogen and oxygen atoms in total. The minimum Gasteiger partial charge on any atom is -0.320 e. The normalized spacial score (nSPS) is 11.2. The van der Waals surface area contributed by atoms with Crippen LogP contribution in [-0.4, -0.2) is 18.7 Å². The predicted molar refractivity (Wildman–Crippen MR) is 110 cm³/mol.